The molecule has 0 aliphatic carbocycles. The van der Waals surface area contributed by atoms with E-state index in [0.717, 1.165) is 25.1 Å². The molecule has 0 bridgehead atoms. The van der Waals surface area contributed by atoms with Crippen LogP contribution in [0.15, 0.2) is 54.6 Å². The molecule has 3 rings (SSSR count). The second-order valence-electron chi connectivity index (χ2n) is 8.29. The van der Waals surface area contributed by atoms with E-state index in [-0.39, 0.29) is 17.3 Å². The third kappa shape index (κ3) is 4.56. The third-order valence-electron chi connectivity index (χ3n) is 6.41. The molecule has 0 radical (unpaired) electrons. The van der Waals surface area contributed by atoms with Gasteiger partial charge in [-0.15, -0.1) is 0 Å². The summed E-state index contributed by atoms with van der Waals surface area (Å²) in [5, 5.41) is 9.88. The maximum absolute atomic E-state index is 12.4. The van der Waals surface area contributed by atoms with Crippen molar-refractivity contribution in [1.29, 1.82) is 0 Å². The lowest BCUT2D eigenvalue weighted by Gasteiger charge is -2.45. The number of nitrogens with zero attached hydrogens (tertiary/aromatic N) is 1. The molecule has 1 N–H and O–H groups in total. The fraction of sp³-hybridized carbons (Fsp3) is 0.458. The highest BCUT2D eigenvalue weighted by atomic mass is 16.5. The van der Waals surface area contributed by atoms with Crippen molar-refractivity contribution in [1.82, 2.24) is 4.90 Å². The van der Waals surface area contributed by atoms with E-state index in [1.54, 1.807) is 6.07 Å². The van der Waals surface area contributed by atoms with Crippen LogP contribution in [0.5, 0.6) is 5.75 Å². The molecule has 4 heteroatoms. The fourth-order valence-corrected chi connectivity index (χ4v) is 4.37. The Morgan fingerprint density at radius 3 is 2.64 bits per heavy atom. The Morgan fingerprint density at radius 2 is 2.00 bits per heavy atom. The number of likely N-dealkylation sites (tertiary alicyclic amines) is 1. The predicted molar refractivity (Wildman–Crippen MR) is 111 cm³/mol. The van der Waals surface area contributed by atoms with Crippen molar-refractivity contribution >= 4 is 5.97 Å². The molecule has 2 aromatic rings. The Balaban J connectivity index is 1.68. The van der Waals surface area contributed by atoms with E-state index in [2.05, 4.69) is 36.9 Å². The van der Waals surface area contributed by atoms with Crippen LogP contribution in [0.25, 0.3) is 0 Å². The Hall–Kier alpha value is -2.33. The Kier molecular flexibility index (Phi) is 6.40. The van der Waals surface area contributed by atoms with Crippen LogP contribution in [-0.4, -0.2) is 42.7 Å². The van der Waals surface area contributed by atoms with Gasteiger partial charge in [0.1, 0.15) is 5.75 Å². The zero-order chi connectivity index (χ0) is 20.1. The SMILES string of the molecule is COC(=O)[C@H](Cc1ccccc1)CN1CCC(C)(c2cccc(O)c2)C(C)C1. The number of aromatic hydroxyl groups is 1. The minimum absolute atomic E-state index is 0.0232. The number of methoxy groups -OCH3 is 1. The summed E-state index contributed by atoms with van der Waals surface area (Å²) in [6.45, 7) is 7.11. The van der Waals surface area contributed by atoms with E-state index in [1.165, 1.54) is 12.7 Å². The van der Waals surface area contributed by atoms with Gasteiger partial charge >= 0.3 is 5.97 Å². The van der Waals surface area contributed by atoms with Gasteiger partial charge in [0.25, 0.3) is 0 Å². The number of rotatable bonds is 6. The molecule has 1 saturated heterocycles. The number of hydrogen-bond acceptors (Lipinski definition) is 4. The zero-order valence-corrected chi connectivity index (χ0v) is 17.1. The zero-order valence-electron chi connectivity index (χ0n) is 17.1. The number of piperidine rings is 1. The van der Waals surface area contributed by atoms with Gasteiger partial charge in [-0.2, -0.15) is 0 Å². The number of phenols is 1. The monoisotopic (exact) mass is 381 g/mol. The summed E-state index contributed by atoms with van der Waals surface area (Å²) in [7, 11) is 1.47. The van der Waals surface area contributed by atoms with Crippen LogP contribution in [0.4, 0.5) is 0 Å². The Morgan fingerprint density at radius 1 is 1.25 bits per heavy atom. The number of carbonyl (C=O) groups excluding carboxylic acids is 1. The van der Waals surface area contributed by atoms with Crippen molar-refractivity contribution in [2.75, 3.05) is 26.7 Å². The van der Waals surface area contributed by atoms with Crippen LogP contribution in [0, 0.1) is 11.8 Å². The highest BCUT2D eigenvalue weighted by Crippen LogP contribution is 2.40. The van der Waals surface area contributed by atoms with E-state index in [0.29, 0.717) is 24.6 Å². The molecule has 4 nitrogen and oxygen atoms in total. The lowest BCUT2D eigenvalue weighted by atomic mass is 9.68. The summed E-state index contributed by atoms with van der Waals surface area (Å²) in [5.74, 6) is 0.433. The number of esters is 1. The summed E-state index contributed by atoms with van der Waals surface area (Å²) >= 11 is 0. The van der Waals surface area contributed by atoms with Crippen LogP contribution in [-0.2, 0) is 21.4 Å². The van der Waals surface area contributed by atoms with Crippen LogP contribution in [0.3, 0.4) is 0 Å². The highest BCUT2D eigenvalue weighted by molar-refractivity contribution is 5.73. The topological polar surface area (TPSA) is 49.8 Å². The molecule has 1 aliphatic rings. The number of ether oxygens (including phenoxy) is 1. The van der Waals surface area contributed by atoms with Gasteiger partial charge in [-0.05, 0) is 54.0 Å². The largest absolute Gasteiger partial charge is 0.508 e. The van der Waals surface area contributed by atoms with Crippen molar-refractivity contribution in [2.45, 2.75) is 32.1 Å². The van der Waals surface area contributed by atoms with Gasteiger partial charge in [0.2, 0.25) is 0 Å². The molecule has 1 aliphatic heterocycles. The third-order valence-corrected chi connectivity index (χ3v) is 6.41. The smallest absolute Gasteiger partial charge is 0.310 e. The van der Waals surface area contributed by atoms with E-state index < -0.39 is 0 Å². The van der Waals surface area contributed by atoms with E-state index in [4.69, 9.17) is 4.74 Å². The molecular formula is C24H31NO3. The van der Waals surface area contributed by atoms with Crippen LogP contribution in [0.2, 0.25) is 0 Å². The molecule has 0 saturated carbocycles. The van der Waals surface area contributed by atoms with Gasteiger partial charge in [0.05, 0.1) is 13.0 Å². The molecule has 1 fully saturated rings. The van der Waals surface area contributed by atoms with Gasteiger partial charge in [0.15, 0.2) is 0 Å². The number of benzene rings is 2. The quantitative estimate of drug-likeness (QED) is 0.768. The predicted octanol–water partition coefficient (Wildman–Crippen LogP) is 4.02. The van der Waals surface area contributed by atoms with Crippen LogP contribution >= 0.6 is 0 Å². The van der Waals surface area contributed by atoms with Crippen LogP contribution in [0.1, 0.15) is 31.4 Å². The first-order valence-corrected chi connectivity index (χ1v) is 10.1. The molecule has 3 atom stereocenters. The maximum atomic E-state index is 12.4. The van der Waals surface area contributed by atoms with Crippen molar-refractivity contribution < 1.29 is 14.6 Å². The van der Waals surface area contributed by atoms with Crippen LogP contribution < -0.4 is 0 Å². The summed E-state index contributed by atoms with van der Waals surface area (Å²) in [6.07, 6.45) is 1.69. The lowest BCUT2D eigenvalue weighted by Crippen LogP contribution is -2.49. The van der Waals surface area contributed by atoms with Gasteiger partial charge in [-0.3, -0.25) is 4.79 Å². The molecule has 0 amide bonds. The average molecular weight is 382 g/mol. The molecule has 2 aromatic carbocycles. The summed E-state index contributed by atoms with van der Waals surface area (Å²) < 4.78 is 5.08. The number of phenolic OH excluding ortho intramolecular Hbond substituents is 1. The van der Waals surface area contributed by atoms with Crippen molar-refractivity contribution in [3.8, 4) is 5.75 Å². The van der Waals surface area contributed by atoms with Crippen molar-refractivity contribution in [3.63, 3.8) is 0 Å². The molecule has 0 spiro atoms. The Labute approximate surface area is 168 Å². The second-order valence-corrected chi connectivity index (χ2v) is 8.29. The van der Waals surface area contributed by atoms with E-state index >= 15 is 0 Å². The maximum Gasteiger partial charge on any atom is 0.310 e. The normalized spacial score (nSPS) is 23.9. The summed E-state index contributed by atoms with van der Waals surface area (Å²) in [5.41, 5.74) is 2.37. The molecular weight excluding hydrogens is 350 g/mol. The number of carbonyl (C=O) groups is 1. The molecule has 1 heterocycles. The first-order valence-electron chi connectivity index (χ1n) is 10.1. The molecule has 28 heavy (non-hydrogen) atoms. The van der Waals surface area contributed by atoms with Crippen molar-refractivity contribution in [3.05, 3.63) is 65.7 Å². The standard InChI is InChI=1S/C24H31NO3/c1-18-16-25(13-12-24(18,2)21-10-7-11-22(26)15-21)17-20(23(27)28-3)14-19-8-5-4-6-9-19/h4-11,15,18,20,26H,12-14,16-17H2,1-3H3/t18?,20-,24?/m1/s1. The molecule has 0 aromatic heterocycles. The molecule has 2 unspecified atom stereocenters. The Bertz CT molecular complexity index is 791. The molecule has 150 valence electrons. The van der Waals surface area contributed by atoms with E-state index in [1.807, 2.05) is 30.3 Å². The summed E-state index contributed by atoms with van der Waals surface area (Å²) in [6, 6.07) is 17.8. The van der Waals surface area contributed by atoms with Crippen molar-refractivity contribution in [2.24, 2.45) is 11.8 Å². The first-order chi connectivity index (χ1) is 13.4. The first kappa shape index (κ1) is 20.4. The average Bonchev–Trinajstić information content (AvgIpc) is 2.70. The van der Waals surface area contributed by atoms with Gasteiger partial charge < -0.3 is 14.7 Å². The minimum atomic E-state index is -0.162. The van der Waals surface area contributed by atoms with Gasteiger partial charge in [-0.25, -0.2) is 0 Å². The summed E-state index contributed by atoms with van der Waals surface area (Å²) in [4.78, 5) is 14.8. The highest BCUT2D eigenvalue weighted by Gasteiger charge is 2.39. The fourth-order valence-electron chi connectivity index (χ4n) is 4.37. The minimum Gasteiger partial charge on any atom is -0.508 e. The van der Waals surface area contributed by atoms with E-state index in [9.17, 15) is 9.90 Å². The van der Waals surface area contributed by atoms with Gasteiger partial charge in [0, 0.05) is 13.1 Å². The van der Waals surface area contributed by atoms with Gasteiger partial charge in [-0.1, -0.05) is 56.3 Å². The number of hydrogen-bond donors (Lipinski definition) is 1. The lowest BCUT2D eigenvalue weighted by molar-refractivity contribution is -0.146. The second kappa shape index (κ2) is 8.78.